The van der Waals surface area contributed by atoms with Crippen LogP contribution in [0.2, 0.25) is 0 Å². The van der Waals surface area contributed by atoms with E-state index in [2.05, 4.69) is 10.3 Å². The van der Waals surface area contributed by atoms with Gasteiger partial charge in [0.1, 0.15) is 11.5 Å². The number of amides is 1. The normalized spacial score (nSPS) is 15.6. The summed E-state index contributed by atoms with van der Waals surface area (Å²) < 4.78 is 0. The van der Waals surface area contributed by atoms with Gasteiger partial charge in [0.2, 0.25) is 0 Å². The third kappa shape index (κ3) is 3.22. The molecule has 0 spiro atoms. The van der Waals surface area contributed by atoms with Crippen LogP contribution in [0.25, 0.3) is 11.3 Å². The van der Waals surface area contributed by atoms with Crippen molar-refractivity contribution in [2.45, 2.75) is 38.1 Å². The molecule has 1 aliphatic rings. The van der Waals surface area contributed by atoms with Crippen LogP contribution in [0.4, 0.5) is 0 Å². The average molecular weight is 318 g/mol. The Labute approximate surface area is 132 Å². The minimum atomic E-state index is -0.151. The van der Waals surface area contributed by atoms with Crippen LogP contribution < -0.4 is 5.32 Å². The van der Waals surface area contributed by atoms with Crippen LogP contribution in [-0.4, -0.2) is 27.1 Å². The van der Waals surface area contributed by atoms with Crippen LogP contribution in [0.3, 0.4) is 0 Å². The maximum absolute atomic E-state index is 12.2. The van der Waals surface area contributed by atoms with Crippen molar-refractivity contribution >= 4 is 17.2 Å². The van der Waals surface area contributed by atoms with Gasteiger partial charge in [-0.05, 0) is 25.0 Å². The van der Waals surface area contributed by atoms with Gasteiger partial charge in [0, 0.05) is 23.1 Å². The van der Waals surface area contributed by atoms with Crippen LogP contribution in [-0.2, 0) is 0 Å². The Hall–Kier alpha value is -2.08. The molecule has 2 aromatic rings. The molecule has 3 N–H and O–H groups in total. The molecule has 1 aromatic carbocycles. The van der Waals surface area contributed by atoms with Gasteiger partial charge in [-0.1, -0.05) is 19.3 Å². The highest BCUT2D eigenvalue weighted by Crippen LogP contribution is 2.32. The van der Waals surface area contributed by atoms with E-state index in [4.69, 9.17) is 0 Å². The maximum atomic E-state index is 12.2. The van der Waals surface area contributed by atoms with Gasteiger partial charge in [0.15, 0.2) is 5.01 Å². The van der Waals surface area contributed by atoms with E-state index in [1.807, 2.05) is 0 Å². The summed E-state index contributed by atoms with van der Waals surface area (Å²) in [7, 11) is 0. The van der Waals surface area contributed by atoms with Crippen molar-refractivity contribution in [3.63, 3.8) is 0 Å². The number of benzene rings is 1. The van der Waals surface area contributed by atoms with Gasteiger partial charge in [-0.25, -0.2) is 4.98 Å². The number of nitrogens with one attached hydrogen (secondary N) is 1. The average Bonchev–Trinajstić information content (AvgIpc) is 2.98. The maximum Gasteiger partial charge on any atom is 0.280 e. The molecule has 6 heteroatoms. The second-order valence-corrected chi connectivity index (χ2v) is 6.41. The van der Waals surface area contributed by atoms with Crippen molar-refractivity contribution in [2.75, 3.05) is 0 Å². The molecule has 1 saturated carbocycles. The molecule has 1 aromatic heterocycles. The highest BCUT2D eigenvalue weighted by atomic mass is 32.1. The van der Waals surface area contributed by atoms with Crippen LogP contribution in [0, 0.1) is 0 Å². The first-order valence-electron chi connectivity index (χ1n) is 7.42. The third-order valence-corrected chi connectivity index (χ3v) is 4.74. The zero-order chi connectivity index (χ0) is 15.5. The van der Waals surface area contributed by atoms with Crippen molar-refractivity contribution in [2.24, 2.45) is 0 Å². The number of aromatic hydroxyl groups is 2. The fraction of sp³-hybridized carbons (Fsp3) is 0.375. The number of hydrogen-bond donors (Lipinski definition) is 3. The fourth-order valence-corrected chi connectivity index (χ4v) is 3.45. The molecule has 1 heterocycles. The summed E-state index contributed by atoms with van der Waals surface area (Å²) in [5, 5.41) is 24.3. The number of rotatable bonds is 3. The van der Waals surface area contributed by atoms with Crippen LogP contribution >= 0.6 is 11.3 Å². The first-order valence-corrected chi connectivity index (χ1v) is 8.30. The molecule has 22 heavy (non-hydrogen) atoms. The van der Waals surface area contributed by atoms with E-state index in [1.165, 1.54) is 29.9 Å². The van der Waals surface area contributed by atoms with Crippen molar-refractivity contribution in [1.82, 2.24) is 10.3 Å². The number of aromatic nitrogens is 1. The topological polar surface area (TPSA) is 82.5 Å². The van der Waals surface area contributed by atoms with Crippen LogP contribution in [0.1, 0.15) is 41.9 Å². The van der Waals surface area contributed by atoms with E-state index in [1.54, 1.807) is 11.4 Å². The molecule has 0 radical (unpaired) electrons. The summed E-state index contributed by atoms with van der Waals surface area (Å²) in [6.45, 7) is 0. The van der Waals surface area contributed by atoms with Crippen molar-refractivity contribution < 1.29 is 15.0 Å². The van der Waals surface area contributed by atoms with Crippen molar-refractivity contribution in [3.8, 4) is 22.8 Å². The van der Waals surface area contributed by atoms with E-state index >= 15 is 0 Å². The lowest BCUT2D eigenvalue weighted by Gasteiger charge is -2.22. The Bertz CT molecular complexity index is 678. The molecule has 0 atom stereocenters. The molecule has 1 amide bonds. The Morgan fingerprint density at radius 3 is 2.73 bits per heavy atom. The quantitative estimate of drug-likeness (QED) is 0.811. The predicted molar refractivity (Wildman–Crippen MR) is 85.2 cm³/mol. The number of carbonyl (C=O) groups is 1. The lowest BCUT2D eigenvalue weighted by Crippen LogP contribution is -2.36. The molecule has 5 nitrogen and oxygen atoms in total. The number of hydrogen-bond acceptors (Lipinski definition) is 5. The van der Waals surface area contributed by atoms with Gasteiger partial charge in [-0.3, -0.25) is 4.79 Å². The highest BCUT2D eigenvalue weighted by Gasteiger charge is 2.19. The molecule has 1 fully saturated rings. The van der Waals surface area contributed by atoms with Gasteiger partial charge < -0.3 is 15.5 Å². The molecular weight excluding hydrogens is 300 g/mol. The van der Waals surface area contributed by atoms with Gasteiger partial charge in [0.05, 0.1) is 5.69 Å². The van der Waals surface area contributed by atoms with Gasteiger partial charge >= 0.3 is 0 Å². The Morgan fingerprint density at radius 1 is 1.23 bits per heavy atom. The smallest absolute Gasteiger partial charge is 0.280 e. The van der Waals surface area contributed by atoms with Crippen molar-refractivity contribution in [3.05, 3.63) is 28.6 Å². The molecule has 3 rings (SSSR count). The third-order valence-electron chi connectivity index (χ3n) is 3.90. The first-order chi connectivity index (χ1) is 10.6. The predicted octanol–water partition coefficient (Wildman–Crippen LogP) is 3.28. The molecule has 0 bridgehead atoms. The van der Waals surface area contributed by atoms with E-state index in [0.29, 0.717) is 16.3 Å². The van der Waals surface area contributed by atoms with Crippen LogP contribution in [0.15, 0.2) is 23.6 Å². The molecule has 116 valence electrons. The summed E-state index contributed by atoms with van der Waals surface area (Å²) >= 11 is 1.26. The summed E-state index contributed by atoms with van der Waals surface area (Å²) in [6, 6.07) is 4.57. The standard InChI is InChI=1S/C16H18N2O3S/c19-11-6-7-12(14(20)8-11)13-9-22-16(18-13)15(21)17-10-4-2-1-3-5-10/h6-10,19-20H,1-5H2,(H,17,21). The Morgan fingerprint density at radius 2 is 2.00 bits per heavy atom. The number of nitrogens with zero attached hydrogens (tertiary/aromatic N) is 1. The van der Waals surface area contributed by atoms with E-state index in [-0.39, 0.29) is 23.4 Å². The lowest BCUT2D eigenvalue weighted by atomic mass is 9.95. The lowest BCUT2D eigenvalue weighted by molar-refractivity contribution is 0.0927. The van der Waals surface area contributed by atoms with E-state index in [9.17, 15) is 15.0 Å². The monoisotopic (exact) mass is 318 g/mol. The van der Waals surface area contributed by atoms with Gasteiger partial charge in [-0.15, -0.1) is 11.3 Å². The number of phenols is 2. The molecule has 1 aliphatic carbocycles. The van der Waals surface area contributed by atoms with Crippen molar-refractivity contribution in [1.29, 1.82) is 0 Å². The number of thiazole rings is 1. The minimum Gasteiger partial charge on any atom is -0.508 e. The zero-order valence-electron chi connectivity index (χ0n) is 12.1. The number of carbonyl (C=O) groups excluding carboxylic acids is 1. The number of phenolic OH excluding ortho intramolecular Hbond substituents is 2. The largest absolute Gasteiger partial charge is 0.508 e. The highest BCUT2D eigenvalue weighted by molar-refractivity contribution is 7.12. The second kappa shape index (κ2) is 6.36. The van der Waals surface area contributed by atoms with Gasteiger partial charge in [-0.2, -0.15) is 0 Å². The summed E-state index contributed by atoms with van der Waals surface area (Å²) in [6.07, 6.45) is 5.63. The summed E-state index contributed by atoms with van der Waals surface area (Å²) in [5.74, 6) is -0.210. The van der Waals surface area contributed by atoms with E-state index < -0.39 is 0 Å². The second-order valence-electron chi connectivity index (χ2n) is 5.55. The fourth-order valence-electron chi connectivity index (χ4n) is 2.73. The SMILES string of the molecule is O=C(NC1CCCCC1)c1nc(-c2ccc(O)cc2O)cs1. The first kappa shape index (κ1) is 14.8. The summed E-state index contributed by atoms with van der Waals surface area (Å²) in [5.41, 5.74) is 1.04. The zero-order valence-corrected chi connectivity index (χ0v) is 12.9. The Kier molecular flexibility index (Phi) is 4.29. The van der Waals surface area contributed by atoms with Crippen LogP contribution in [0.5, 0.6) is 11.5 Å². The van der Waals surface area contributed by atoms with E-state index in [0.717, 1.165) is 25.7 Å². The molecule has 0 saturated heterocycles. The molecule has 0 unspecified atom stereocenters. The molecule has 0 aliphatic heterocycles. The minimum absolute atomic E-state index is 0.00764. The van der Waals surface area contributed by atoms with Gasteiger partial charge in [0.25, 0.3) is 5.91 Å². The summed E-state index contributed by atoms with van der Waals surface area (Å²) in [4.78, 5) is 16.5. The molecular formula is C16H18N2O3S. The Balaban J connectivity index is 1.73.